The monoisotopic (exact) mass is 372 g/mol. The van der Waals surface area contributed by atoms with Crippen LogP contribution in [0, 0.1) is 11.3 Å². The number of fused-ring (bicyclic) bond motifs is 1. The summed E-state index contributed by atoms with van der Waals surface area (Å²) in [5.41, 5.74) is 1.19. The predicted octanol–water partition coefficient (Wildman–Crippen LogP) is 3.31. The molecule has 2 N–H and O–H groups in total. The van der Waals surface area contributed by atoms with E-state index in [1.165, 1.54) is 0 Å². The smallest absolute Gasteiger partial charge is 0.304 e. The third kappa shape index (κ3) is 3.99. The Bertz CT molecular complexity index is 755. The molecule has 2 aliphatic rings. The standard InChI is InChI=1S/C21H28N2O4/c1-21(13-18(24)25,15-6-4-3-5-7-15)20(27)22-16-9-8-14-10-11-23(2)19(26)17(14)12-16/h8-9,12,15H,3-7,10-11,13H2,1-2H3,(H,22,27)(H,24,25). The van der Waals surface area contributed by atoms with Crippen molar-refractivity contribution in [2.75, 3.05) is 18.9 Å². The molecule has 6 heteroatoms. The number of rotatable bonds is 5. The van der Waals surface area contributed by atoms with Gasteiger partial charge < -0.3 is 15.3 Å². The summed E-state index contributed by atoms with van der Waals surface area (Å²) in [6.45, 7) is 2.46. The van der Waals surface area contributed by atoms with Gasteiger partial charge in [0.2, 0.25) is 5.91 Å². The van der Waals surface area contributed by atoms with Crippen LogP contribution in [0.3, 0.4) is 0 Å². The maximum Gasteiger partial charge on any atom is 0.304 e. The van der Waals surface area contributed by atoms with E-state index in [1.54, 1.807) is 31.0 Å². The zero-order valence-corrected chi connectivity index (χ0v) is 16.1. The largest absolute Gasteiger partial charge is 0.481 e. The van der Waals surface area contributed by atoms with Gasteiger partial charge in [-0.15, -0.1) is 0 Å². The van der Waals surface area contributed by atoms with E-state index >= 15 is 0 Å². The Hall–Kier alpha value is -2.37. The second kappa shape index (κ2) is 7.71. The molecule has 1 unspecified atom stereocenters. The first-order valence-corrected chi connectivity index (χ1v) is 9.73. The van der Waals surface area contributed by atoms with Crippen LogP contribution in [-0.4, -0.2) is 41.4 Å². The van der Waals surface area contributed by atoms with Crippen molar-refractivity contribution in [3.8, 4) is 0 Å². The lowest BCUT2D eigenvalue weighted by Gasteiger charge is -2.37. The quantitative estimate of drug-likeness (QED) is 0.830. The molecular formula is C21H28N2O4. The number of hydrogen-bond acceptors (Lipinski definition) is 3. The maximum absolute atomic E-state index is 13.1. The molecular weight excluding hydrogens is 344 g/mol. The number of carbonyl (C=O) groups is 3. The molecule has 6 nitrogen and oxygen atoms in total. The second-order valence-corrected chi connectivity index (χ2v) is 8.13. The molecule has 1 fully saturated rings. The Morgan fingerprint density at radius 1 is 1.26 bits per heavy atom. The number of carboxylic acid groups (broad SMARTS) is 1. The third-order valence-electron chi connectivity index (χ3n) is 6.20. The fourth-order valence-electron chi connectivity index (χ4n) is 4.40. The summed E-state index contributed by atoms with van der Waals surface area (Å²) >= 11 is 0. The summed E-state index contributed by atoms with van der Waals surface area (Å²) in [6, 6.07) is 5.40. The number of anilines is 1. The molecule has 1 atom stereocenters. The first kappa shape index (κ1) is 19.4. The van der Waals surface area contributed by atoms with Gasteiger partial charge in [0.1, 0.15) is 0 Å². The number of likely N-dealkylation sites (N-methyl/N-ethyl adjacent to an activating group) is 1. The van der Waals surface area contributed by atoms with E-state index in [1.807, 2.05) is 6.07 Å². The molecule has 0 saturated heterocycles. The van der Waals surface area contributed by atoms with Crippen LogP contribution in [0.4, 0.5) is 5.69 Å². The molecule has 0 bridgehead atoms. The minimum atomic E-state index is -0.958. The van der Waals surface area contributed by atoms with Crippen LogP contribution in [0.2, 0.25) is 0 Å². The summed E-state index contributed by atoms with van der Waals surface area (Å²) in [4.78, 5) is 38.6. The highest BCUT2D eigenvalue weighted by atomic mass is 16.4. The molecule has 27 heavy (non-hydrogen) atoms. The van der Waals surface area contributed by atoms with E-state index in [9.17, 15) is 19.5 Å². The highest BCUT2D eigenvalue weighted by molar-refractivity contribution is 6.01. The highest BCUT2D eigenvalue weighted by Crippen LogP contribution is 2.42. The van der Waals surface area contributed by atoms with E-state index in [2.05, 4.69) is 5.32 Å². The molecule has 1 saturated carbocycles. The topological polar surface area (TPSA) is 86.7 Å². The molecule has 3 rings (SSSR count). The van der Waals surface area contributed by atoms with Gasteiger partial charge in [0, 0.05) is 24.8 Å². The van der Waals surface area contributed by atoms with Gasteiger partial charge in [0.15, 0.2) is 0 Å². The van der Waals surface area contributed by atoms with Crippen molar-refractivity contribution in [1.82, 2.24) is 4.90 Å². The molecule has 0 aromatic heterocycles. The second-order valence-electron chi connectivity index (χ2n) is 8.13. The van der Waals surface area contributed by atoms with E-state index in [0.29, 0.717) is 17.8 Å². The molecule has 1 aromatic rings. The Balaban J connectivity index is 1.83. The number of nitrogens with one attached hydrogen (secondary N) is 1. The number of aliphatic carboxylic acids is 1. The van der Waals surface area contributed by atoms with Crippen molar-refractivity contribution in [3.63, 3.8) is 0 Å². The lowest BCUT2D eigenvalue weighted by molar-refractivity contribution is -0.145. The summed E-state index contributed by atoms with van der Waals surface area (Å²) in [6.07, 6.45) is 5.58. The van der Waals surface area contributed by atoms with Gasteiger partial charge in [0.05, 0.1) is 11.8 Å². The summed E-state index contributed by atoms with van der Waals surface area (Å²) in [5, 5.41) is 12.3. The van der Waals surface area contributed by atoms with Crippen LogP contribution in [0.1, 0.15) is 61.4 Å². The van der Waals surface area contributed by atoms with Crippen LogP contribution >= 0.6 is 0 Å². The van der Waals surface area contributed by atoms with Crippen LogP contribution in [0.15, 0.2) is 18.2 Å². The maximum atomic E-state index is 13.1. The molecule has 1 heterocycles. The van der Waals surface area contributed by atoms with Gasteiger partial charge in [-0.1, -0.05) is 25.3 Å². The number of amides is 2. The predicted molar refractivity (Wildman–Crippen MR) is 103 cm³/mol. The Morgan fingerprint density at radius 2 is 1.96 bits per heavy atom. The van der Waals surface area contributed by atoms with Gasteiger partial charge in [-0.2, -0.15) is 0 Å². The van der Waals surface area contributed by atoms with Gasteiger partial charge in [-0.05, 0) is 49.8 Å². The number of carboxylic acids is 1. The highest BCUT2D eigenvalue weighted by Gasteiger charge is 2.43. The van der Waals surface area contributed by atoms with Crippen molar-refractivity contribution >= 4 is 23.5 Å². The average molecular weight is 372 g/mol. The average Bonchev–Trinajstić information content (AvgIpc) is 2.65. The van der Waals surface area contributed by atoms with Crippen molar-refractivity contribution in [3.05, 3.63) is 29.3 Å². The zero-order chi connectivity index (χ0) is 19.6. The molecule has 1 aliphatic heterocycles. The molecule has 0 radical (unpaired) electrons. The minimum Gasteiger partial charge on any atom is -0.481 e. The molecule has 146 valence electrons. The van der Waals surface area contributed by atoms with E-state index in [4.69, 9.17) is 0 Å². The van der Waals surface area contributed by atoms with Crippen LogP contribution in [0.5, 0.6) is 0 Å². The molecule has 1 aliphatic carbocycles. The van der Waals surface area contributed by atoms with E-state index in [-0.39, 0.29) is 24.2 Å². The van der Waals surface area contributed by atoms with Crippen LogP contribution in [-0.2, 0) is 16.0 Å². The summed E-state index contributed by atoms with van der Waals surface area (Å²) in [5.74, 6) is -1.21. The molecule has 0 spiro atoms. The number of carbonyl (C=O) groups excluding carboxylic acids is 2. The minimum absolute atomic E-state index is 0.0482. The van der Waals surface area contributed by atoms with Crippen molar-refractivity contribution < 1.29 is 19.5 Å². The zero-order valence-electron chi connectivity index (χ0n) is 16.1. The Labute approximate surface area is 159 Å². The van der Waals surface area contributed by atoms with Gasteiger partial charge in [-0.3, -0.25) is 14.4 Å². The number of hydrogen-bond donors (Lipinski definition) is 2. The number of benzene rings is 1. The first-order valence-electron chi connectivity index (χ1n) is 9.73. The Kier molecular flexibility index (Phi) is 5.53. The summed E-state index contributed by atoms with van der Waals surface area (Å²) < 4.78 is 0. The lowest BCUT2D eigenvalue weighted by Crippen LogP contribution is -2.42. The van der Waals surface area contributed by atoms with Gasteiger partial charge in [0.25, 0.3) is 5.91 Å². The number of nitrogens with zero attached hydrogens (tertiary/aromatic N) is 1. The van der Waals surface area contributed by atoms with Crippen LogP contribution in [0.25, 0.3) is 0 Å². The lowest BCUT2D eigenvalue weighted by atomic mass is 9.67. The van der Waals surface area contributed by atoms with Crippen molar-refractivity contribution in [2.45, 2.75) is 51.9 Å². The van der Waals surface area contributed by atoms with Crippen molar-refractivity contribution in [2.24, 2.45) is 11.3 Å². The fourth-order valence-corrected chi connectivity index (χ4v) is 4.40. The SMILES string of the molecule is CN1CCc2ccc(NC(=O)C(C)(CC(=O)O)C3CCCCC3)cc2C1=O. The van der Waals surface area contributed by atoms with E-state index < -0.39 is 11.4 Å². The van der Waals surface area contributed by atoms with Crippen LogP contribution < -0.4 is 5.32 Å². The van der Waals surface area contributed by atoms with E-state index in [0.717, 1.165) is 44.1 Å². The molecule has 1 aromatic carbocycles. The normalized spacial score (nSPS) is 19.9. The van der Waals surface area contributed by atoms with Crippen molar-refractivity contribution in [1.29, 1.82) is 0 Å². The summed E-state index contributed by atoms with van der Waals surface area (Å²) in [7, 11) is 1.77. The fraction of sp³-hybridized carbons (Fsp3) is 0.571. The first-order chi connectivity index (χ1) is 12.8. The van der Waals surface area contributed by atoms with Gasteiger partial charge in [-0.25, -0.2) is 0 Å². The third-order valence-corrected chi connectivity index (χ3v) is 6.20. The molecule has 2 amide bonds. The van der Waals surface area contributed by atoms with Gasteiger partial charge >= 0.3 is 5.97 Å². The Morgan fingerprint density at radius 3 is 2.63 bits per heavy atom.